The van der Waals surface area contributed by atoms with Crippen molar-refractivity contribution in [2.75, 3.05) is 20.8 Å². The normalized spacial score (nSPS) is 11.0. The average molecular weight is 404 g/mol. The third-order valence-corrected chi connectivity index (χ3v) is 3.92. The van der Waals surface area contributed by atoms with Crippen molar-refractivity contribution >= 4 is 11.8 Å². The minimum atomic E-state index is -0.989. The monoisotopic (exact) mass is 404 g/mol. The van der Waals surface area contributed by atoms with Gasteiger partial charge in [0.1, 0.15) is 0 Å². The first kappa shape index (κ1) is 23.5. The summed E-state index contributed by atoms with van der Waals surface area (Å²) in [6, 6.07) is 4.93. The number of methoxy groups -OCH3 is 2. The third-order valence-electron chi connectivity index (χ3n) is 3.92. The van der Waals surface area contributed by atoms with Crippen LogP contribution >= 0.6 is 0 Å². The topological polar surface area (TPSA) is 113 Å². The van der Waals surface area contributed by atoms with Crippen molar-refractivity contribution in [3.8, 4) is 11.5 Å². The minimum absolute atomic E-state index is 0.0428. The Kier molecular flexibility index (Phi) is 9.74. The summed E-state index contributed by atoms with van der Waals surface area (Å²) in [6.45, 7) is 5.09. The number of rotatable bonds is 11. The highest BCUT2D eigenvalue weighted by atomic mass is 16.6. The van der Waals surface area contributed by atoms with Crippen LogP contribution < -0.4 is 9.47 Å². The van der Waals surface area contributed by atoms with Crippen molar-refractivity contribution < 1.29 is 28.9 Å². The lowest BCUT2D eigenvalue weighted by Gasteiger charge is -2.19. The van der Waals surface area contributed by atoms with Crippen LogP contribution in [0, 0.1) is 5.39 Å². The van der Waals surface area contributed by atoms with Crippen molar-refractivity contribution in [3.05, 3.63) is 53.0 Å². The molecule has 0 heterocycles. The standard InChI is InChI=1S/C20H25N3O6/c1-5-7-8-9-17(24)23(19(25)18(22-21)20(26)29-6-2)13-14-10-11-15(27-3)16(12-14)28-4/h5,10-12H,1,6-9,13H2,2-4H3/p+1. The molecule has 0 spiro atoms. The van der Waals surface area contributed by atoms with Gasteiger partial charge in [0.25, 0.3) is 0 Å². The van der Waals surface area contributed by atoms with Crippen LogP contribution in [0.3, 0.4) is 0 Å². The van der Waals surface area contributed by atoms with E-state index in [1.165, 1.54) is 14.2 Å². The van der Waals surface area contributed by atoms with E-state index in [9.17, 15) is 20.1 Å². The van der Waals surface area contributed by atoms with Gasteiger partial charge in [-0.1, -0.05) is 12.1 Å². The maximum atomic E-state index is 12.8. The van der Waals surface area contributed by atoms with Crippen LogP contribution in [-0.2, 0) is 20.9 Å². The lowest BCUT2D eigenvalue weighted by atomic mass is 10.1. The lowest BCUT2D eigenvalue weighted by molar-refractivity contribution is -0.143. The van der Waals surface area contributed by atoms with Crippen molar-refractivity contribution in [1.29, 1.82) is 5.39 Å². The second-order valence-electron chi connectivity index (χ2n) is 5.84. The molecule has 29 heavy (non-hydrogen) atoms. The quantitative estimate of drug-likeness (QED) is 0.197. The summed E-state index contributed by atoms with van der Waals surface area (Å²) in [5, 5.41) is 19.0. The number of carbonyl (C=O) groups is 2. The van der Waals surface area contributed by atoms with Gasteiger partial charge in [-0.25, -0.2) is 0 Å². The van der Waals surface area contributed by atoms with Gasteiger partial charge in [0, 0.05) is 6.42 Å². The smallest absolute Gasteiger partial charge is 0.493 e. The zero-order chi connectivity index (χ0) is 21.8. The van der Waals surface area contributed by atoms with Crippen LogP contribution in [0.15, 0.2) is 42.5 Å². The Morgan fingerprint density at radius 3 is 2.52 bits per heavy atom. The molecule has 1 N–H and O–H groups in total. The number of hydrogen-bond donors (Lipinski definition) is 1. The first-order valence-corrected chi connectivity index (χ1v) is 9.01. The Bertz CT molecular complexity index is 813. The van der Waals surface area contributed by atoms with Gasteiger partial charge in [0.15, 0.2) is 16.5 Å². The van der Waals surface area contributed by atoms with E-state index in [1.54, 1.807) is 31.2 Å². The second-order valence-corrected chi connectivity index (χ2v) is 5.84. The highest BCUT2D eigenvalue weighted by molar-refractivity contribution is 6.05. The molecule has 0 unspecified atom stereocenters. The molecule has 0 atom stereocenters. The second kappa shape index (κ2) is 12.0. The van der Waals surface area contributed by atoms with E-state index in [4.69, 9.17) is 14.2 Å². The summed E-state index contributed by atoms with van der Waals surface area (Å²) in [5.74, 6) is -1.44. The Morgan fingerprint density at radius 2 is 1.97 bits per heavy atom. The fraction of sp³-hybridized carbons (Fsp3) is 0.400. The third kappa shape index (κ3) is 6.53. The number of allylic oxidation sites excluding steroid dienone is 1. The van der Waals surface area contributed by atoms with Gasteiger partial charge in [-0.05, 0) is 37.5 Å². The minimum Gasteiger partial charge on any atom is -0.493 e. The number of unbranched alkanes of at least 4 members (excludes halogenated alkanes) is 1. The van der Waals surface area contributed by atoms with Gasteiger partial charge < -0.3 is 19.3 Å². The molecule has 0 bridgehead atoms. The summed E-state index contributed by atoms with van der Waals surface area (Å²) in [4.78, 5) is 29.2. The van der Waals surface area contributed by atoms with Gasteiger partial charge in [0.05, 0.1) is 27.4 Å². The van der Waals surface area contributed by atoms with Crippen molar-refractivity contribution in [3.63, 3.8) is 0 Å². The van der Waals surface area contributed by atoms with Crippen molar-refractivity contribution in [2.45, 2.75) is 32.7 Å². The molecule has 0 aliphatic heterocycles. The number of amides is 2. The number of imide groups is 1. The van der Waals surface area contributed by atoms with Gasteiger partial charge in [-0.15, -0.1) is 6.58 Å². The summed E-state index contributed by atoms with van der Waals surface area (Å²) in [6.07, 6.45) is 2.83. The number of ether oxygens (including phenoxy) is 3. The van der Waals surface area contributed by atoms with E-state index in [2.05, 4.69) is 11.6 Å². The van der Waals surface area contributed by atoms with Gasteiger partial charge >= 0.3 is 17.5 Å². The maximum absolute atomic E-state index is 12.8. The highest BCUT2D eigenvalue weighted by Gasteiger charge is 2.38. The number of carbonyl (C=O) groups excluding carboxylic acids is 2. The predicted octanol–water partition coefficient (Wildman–Crippen LogP) is 3.53. The molecular formula is C20H26N3O6+. The molecule has 0 saturated heterocycles. The van der Waals surface area contributed by atoms with E-state index in [0.717, 1.165) is 4.90 Å². The van der Waals surface area contributed by atoms with E-state index in [1.807, 2.05) is 0 Å². The van der Waals surface area contributed by atoms with Crippen molar-refractivity contribution in [2.24, 2.45) is 0 Å². The molecule has 0 aromatic heterocycles. The van der Waals surface area contributed by atoms with Crippen molar-refractivity contribution in [1.82, 2.24) is 4.90 Å². The Labute approximate surface area is 169 Å². The Hall–Kier alpha value is -3.54. The molecule has 1 aromatic carbocycles. The zero-order valence-corrected chi connectivity index (χ0v) is 16.9. The van der Waals surface area contributed by atoms with Crippen LogP contribution in [0.5, 0.6) is 11.5 Å². The number of aliphatic hydroxyl groups is 1. The predicted molar refractivity (Wildman–Crippen MR) is 106 cm³/mol. The molecular weight excluding hydrogens is 378 g/mol. The summed E-state index contributed by atoms with van der Waals surface area (Å²) >= 11 is 0. The molecule has 0 saturated carbocycles. The number of hydrogen-bond acceptors (Lipinski definition) is 7. The van der Waals surface area contributed by atoms with Crippen LogP contribution in [0.25, 0.3) is 4.98 Å². The first-order valence-electron chi connectivity index (χ1n) is 9.01. The molecule has 2 amide bonds. The number of nitrogens with zero attached hydrogens (tertiary/aromatic N) is 3. The Morgan fingerprint density at radius 1 is 1.28 bits per heavy atom. The van der Waals surface area contributed by atoms with E-state index < -0.39 is 23.5 Å². The van der Waals surface area contributed by atoms with Gasteiger partial charge in [-0.2, -0.15) is 0 Å². The first-order chi connectivity index (χ1) is 13.9. The molecule has 0 aliphatic carbocycles. The molecule has 0 aliphatic rings. The molecule has 1 aromatic rings. The molecule has 9 heteroatoms. The number of diazo groups is 1. The summed E-state index contributed by atoms with van der Waals surface area (Å²) in [5.41, 5.74) is -0.189. The fourth-order valence-electron chi connectivity index (χ4n) is 2.48. The van der Waals surface area contributed by atoms with Crippen LogP contribution in [0.1, 0.15) is 31.7 Å². The molecule has 9 nitrogen and oxygen atoms in total. The maximum Gasteiger partial charge on any atom is 0.528 e. The highest BCUT2D eigenvalue weighted by Crippen LogP contribution is 2.28. The molecule has 156 valence electrons. The largest absolute Gasteiger partial charge is 0.528 e. The summed E-state index contributed by atoms with van der Waals surface area (Å²) in [7, 11) is 2.96. The summed E-state index contributed by atoms with van der Waals surface area (Å²) < 4.78 is 15.3. The zero-order valence-electron chi connectivity index (χ0n) is 16.9. The lowest BCUT2D eigenvalue weighted by Crippen LogP contribution is -2.37. The van der Waals surface area contributed by atoms with E-state index in [-0.39, 0.29) is 19.6 Å². The van der Waals surface area contributed by atoms with Gasteiger partial charge in [-0.3, -0.25) is 14.5 Å². The van der Waals surface area contributed by atoms with Crippen LogP contribution in [0.4, 0.5) is 0 Å². The van der Waals surface area contributed by atoms with E-state index in [0.29, 0.717) is 29.9 Å². The van der Waals surface area contributed by atoms with Crippen LogP contribution in [0.2, 0.25) is 0 Å². The van der Waals surface area contributed by atoms with Crippen LogP contribution in [-0.4, -0.2) is 42.6 Å². The van der Waals surface area contributed by atoms with Gasteiger partial charge in [0.2, 0.25) is 11.3 Å². The molecule has 0 fully saturated rings. The number of benzene rings is 1. The number of aliphatic hydroxyl groups excluding tert-OH is 1. The molecule has 0 radical (unpaired) electrons. The fourth-order valence-corrected chi connectivity index (χ4v) is 2.48. The molecule has 1 rings (SSSR count). The Balaban J connectivity index is 3.25. The van der Waals surface area contributed by atoms with E-state index >= 15 is 0 Å². The average Bonchev–Trinajstić information content (AvgIpc) is 2.72. The SMILES string of the molecule is C=CCCCC(=O)N(Cc1ccc(OC)c(OC)c1)C(=O)/C([N+]#N)=C(\O)OCC.